The van der Waals surface area contributed by atoms with E-state index in [2.05, 4.69) is 27.4 Å². The second kappa shape index (κ2) is 6.03. The molecule has 2 bridgehead atoms. The smallest absolute Gasteiger partial charge is 0.338 e. The standard InChI is InChI=1S/C21H28O3/c1-5-6-17(22)14-7-9-15(10-8-14)18(23)24-19-20(2,3)16-11-12-21(19,4)13-16/h5,7-10,16-17,19,22H,1,6,11-13H2,2-4H3/t16-,17?,19-,21+/m1/s1. The lowest BCUT2D eigenvalue weighted by molar-refractivity contribution is -0.0584. The van der Waals surface area contributed by atoms with Crippen LogP contribution in [-0.2, 0) is 4.74 Å². The van der Waals surface area contributed by atoms with E-state index in [9.17, 15) is 9.90 Å². The van der Waals surface area contributed by atoms with Crippen molar-refractivity contribution in [2.45, 2.75) is 58.7 Å². The van der Waals surface area contributed by atoms with Crippen molar-refractivity contribution < 1.29 is 14.6 Å². The van der Waals surface area contributed by atoms with Crippen molar-refractivity contribution in [2.75, 3.05) is 0 Å². The number of ether oxygens (including phenoxy) is 1. The number of aliphatic hydroxyl groups is 1. The van der Waals surface area contributed by atoms with Crippen LogP contribution in [0.1, 0.15) is 68.5 Å². The molecule has 3 heteroatoms. The minimum absolute atomic E-state index is 0.0257. The highest BCUT2D eigenvalue weighted by Gasteiger charge is 2.61. The molecule has 1 N–H and O–H groups in total. The fourth-order valence-electron chi connectivity index (χ4n) is 4.86. The van der Waals surface area contributed by atoms with Gasteiger partial charge in [0.15, 0.2) is 0 Å². The Hall–Kier alpha value is -1.61. The molecule has 0 heterocycles. The van der Waals surface area contributed by atoms with E-state index in [1.54, 1.807) is 30.3 Å². The van der Waals surface area contributed by atoms with E-state index in [0.717, 1.165) is 18.4 Å². The van der Waals surface area contributed by atoms with Crippen molar-refractivity contribution in [1.29, 1.82) is 0 Å². The monoisotopic (exact) mass is 328 g/mol. The number of benzene rings is 1. The highest BCUT2D eigenvalue weighted by molar-refractivity contribution is 5.89. The first-order valence-electron chi connectivity index (χ1n) is 8.88. The van der Waals surface area contributed by atoms with E-state index in [1.807, 2.05) is 0 Å². The van der Waals surface area contributed by atoms with Gasteiger partial charge in [-0.05, 0) is 49.3 Å². The molecule has 1 aromatic carbocycles. The van der Waals surface area contributed by atoms with Crippen LogP contribution in [0.15, 0.2) is 36.9 Å². The van der Waals surface area contributed by atoms with Gasteiger partial charge in [0.2, 0.25) is 0 Å². The van der Waals surface area contributed by atoms with Gasteiger partial charge in [0.25, 0.3) is 0 Å². The highest BCUT2D eigenvalue weighted by atomic mass is 16.5. The van der Waals surface area contributed by atoms with Crippen LogP contribution < -0.4 is 0 Å². The SMILES string of the molecule is C=CCC(O)c1ccc(C(=O)O[C@@H]2C(C)(C)[C@@H]3CC[C@@]2(C)C3)cc1. The summed E-state index contributed by atoms with van der Waals surface area (Å²) in [5, 5.41) is 9.97. The fraction of sp³-hybridized carbons (Fsp3) is 0.571. The van der Waals surface area contributed by atoms with Crippen molar-refractivity contribution in [3.8, 4) is 0 Å². The summed E-state index contributed by atoms with van der Waals surface area (Å²) in [4.78, 5) is 12.6. The summed E-state index contributed by atoms with van der Waals surface area (Å²) >= 11 is 0. The molecular weight excluding hydrogens is 300 g/mol. The van der Waals surface area contributed by atoms with E-state index in [4.69, 9.17) is 4.74 Å². The predicted octanol–water partition coefficient (Wildman–Crippen LogP) is 4.67. The summed E-state index contributed by atoms with van der Waals surface area (Å²) < 4.78 is 5.98. The van der Waals surface area contributed by atoms with Gasteiger partial charge in [-0.2, -0.15) is 0 Å². The fourth-order valence-corrected chi connectivity index (χ4v) is 4.86. The molecule has 130 valence electrons. The number of hydrogen-bond donors (Lipinski definition) is 1. The van der Waals surface area contributed by atoms with Gasteiger partial charge < -0.3 is 9.84 Å². The van der Waals surface area contributed by atoms with Gasteiger partial charge >= 0.3 is 5.97 Å². The molecule has 0 radical (unpaired) electrons. The molecule has 1 aromatic rings. The minimum atomic E-state index is -0.573. The third-order valence-electron chi connectivity index (χ3n) is 6.28. The molecule has 3 nitrogen and oxygen atoms in total. The predicted molar refractivity (Wildman–Crippen MR) is 94.6 cm³/mol. The second-order valence-electron chi connectivity index (χ2n) is 8.36. The normalized spacial score (nSPS) is 31.7. The molecule has 2 aliphatic rings. The first-order valence-corrected chi connectivity index (χ1v) is 8.88. The maximum absolute atomic E-state index is 12.6. The maximum Gasteiger partial charge on any atom is 0.338 e. The van der Waals surface area contributed by atoms with Crippen LogP contribution in [0.25, 0.3) is 0 Å². The van der Waals surface area contributed by atoms with Crippen LogP contribution in [0, 0.1) is 16.7 Å². The number of carbonyl (C=O) groups is 1. The zero-order chi connectivity index (χ0) is 17.5. The number of hydrogen-bond acceptors (Lipinski definition) is 3. The number of fused-ring (bicyclic) bond motifs is 2. The van der Waals surface area contributed by atoms with Gasteiger partial charge in [-0.15, -0.1) is 6.58 Å². The number of rotatable bonds is 5. The topological polar surface area (TPSA) is 46.5 Å². The molecule has 24 heavy (non-hydrogen) atoms. The number of carbonyl (C=O) groups excluding carboxylic acids is 1. The summed E-state index contributed by atoms with van der Waals surface area (Å²) in [5.74, 6) is 0.392. The quantitative estimate of drug-likeness (QED) is 0.631. The molecule has 1 unspecified atom stereocenters. The second-order valence-corrected chi connectivity index (χ2v) is 8.36. The summed E-state index contributed by atoms with van der Waals surface area (Å²) in [6.07, 6.45) is 5.13. The van der Waals surface area contributed by atoms with E-state index in [1.165, 1.54) is 6.42 Å². The first-order chi connectivity index (χ1) is 11.3. The van der Waals surface area contributed by atoms with Crippen LogP contribution in [0.3, 0.4) is 0 Å². The molecule has 0 saturated heterocycles. The van der Waals surface area contributed by atoms with E-state index in [0.29, 0.717) is 17.9 Å². The third-order valence-corrected chi connectivity index (χ3v) is 6.28. The van der Waals surface area contributed by atoms with Gasteiger partial charge in [-0.25, -0.2) is 4.79 Å². The number of aliphatic hydroxyl groups excluding tert-OH is 1. The lowest BCUT2D eigenvalue weighted by Gasteiger charge is -2.41. The van der Waals surface area contributed by atoms with Crippen LogP contribution in [0.5, 0.6) is 0 Å². The molecule has 2 fully saturated rings. The molecule has 4 atom stereocenters. The average Bonchev–Trinajstić information content (AvgIpc) is 3.03. The van der Waals surface area contributed by atoms with Crippen LogP contribution in [-0.4, -0.2) is 17.2 Å². The molecule has 2 saturated carbocycles. The highest BCUT2D eigenvalue weighted by Crippen LogP contribution is 2.63. The van der Waals surface area contributed by atoms with Crippen molar-refractivity contribution in [3.05, 3.63) is 48.0 Å². The Bertz CT molecular complexity index is 626. The Kier molecular flexibility index (Phi) is 4.33. The molecule has 3 rings (SSSR count). The average molecular weight is 328 g/mol. The molecule has 0 amide bonds. The molecular formula is C21H28O3. The van der Waals surface area contributed by atoms with Crippen molar-refractivity contribution >= 4 is 5.97 Å². The van der Waals surface area contributed by atoms with E-state index >= 15 is 0 Å². The largest absolute Gasteiger partial charge is 0.458 e. The lowest BCUT2D eigenvalue weighted by Crippen LogP contribution is -2.43. The molecule has 0 spiro atoms. The Morgan fingerprint density at radius 3 is 2.58 bits per heavy atom. The summed E-state index contributed by atoms with van der Waals surface area (Å²) in [6, 6.07) is 7.07. The Morgan fingerprint density at radius 1 is 1.38 bits per heavy atom. The maximum atomic E-state index is 12.6. The van der Waals surface area contributed by atoms with Crippen LogP contribution in [0.4, 0.5) is 0 Å². The molecule has 0 aromatic heterocycles. The lowest BCUT2D eigenvalue weighted by atomic mass is 9.70. The van der Waals surface area contributed by atoms with Crippen molar-refractivity contribution in [2.24, 2.45) is 16.7 Å². The Morgan fingerprint density at radius 2 is 2.04 bits per heavy atom. The van der Waals surface area contributed by atoms with Gasteiger partial charge in [-0.3, -0.25) is 0 Å². The van der Waals surface area contributed by atoms with E-state index < -0.39 is 6.10 Å². The minimum Gasteiger partial charge on any atom is -0.458 e. The Labute approximate surface area is 144 Å². The third kappa shape index (κ3) is 2.79. The summed E-state index contributed by atoms with van der Waals surface area (Å²) in [5.41, 5.74) is 1.50. The van der Waals surface area contributed by atoms with Gasteiger partial charge in [0.05, 0.1) is 11.7 Å². The van der Waals surface area contributed by atoms with Crippen LogP contribution in [0.2, 0.25) is 0 Å². The van der Waals surface area contributed by atoms with Crippen molar-refractivity contribution in [3.63, 3.8) is 0 Å². The zero-order valence-corrected chi connectivity index (χ0v) is 14.9. The van der Waals surface area contributed by atoms with Gasteiger partial charge in [-0.1, -0.05) is 39.0 Å². The Balaban J connectivity index is 1.72. The zero-order valence-electron chi connectivity index (χ0n) is 14.9. The van der Waals surface area contributed by atoms with E-state index in [-0.39, 0.29) is 22.9 Å². The van der Waals surface area contributed by atoms with Gasteiger partial charge in [0.1, 0.15) is 6.10 Å². The first kappa shape index (κ1) is 17.2. The van der Waals surface area contributed by atoms with Crippen molar-refractivity contribution in [1.82, 2.24) is 0 Å². The molecule has 0 aliphatic heterocycles. The molecule has 2 aliphatic carbocycles. The number of esters is 1. The van der Waals surface area contributed by atoms with Gasteiger partial charge in [0, 0.05) is 10.8 Å². The summed E-state index contributed by atoms with van der Waals surface area (Å²) in [6.45, 7) is 10.4. The summed E-state index contributed by atoms with van der Waals surface area (Å²) in [7, 11) is 0. The van der Waals surface area contributed by atoms with Crippen LogP contribution >= 0.6 is 0 Å².